The Kier molecular flexibility index (Phi) is 9.10. The fourth-order valence-electron chi connectivity index (χ4n) is 2.61. The van der Waals surface area contributed by atoms with Gasteiger partial charge in [-0.1, -0.05) is 6.07 Å². The van der Waals surface area contributed by atoms with Gasteiger partial charge in [-0.15, -0.1) is 0 Å². The number of benzene rings is 2. The Morgan fingerprint density at radius 3 is 2.18 bits per heavy atom. The molecule has 7 nitrogen and oxygen atoms in total. The quantitative estimate of drug-likeness (QED) is 0.545. The SMILES string of the molecule is COCCCNCCOc1ccc(NC(=O)c2c(OC)cccc2OC)cc1. The number of anilines is 1. The molecule has 0 saturated heterocycles. The first-order valence-corrected chi connectivity index (χ1v) is 9.14. The molecule has 0 aliphatic heterocycles. The molecule has 1 amide bonds. The average molecular weight is 388 g/mol. The summed E-state index contributed by atoms with van der Waals surface area (Å²) in [6, 6.07) is 12.4. The first-order valence-electron chi connectivity index (χ1n) is 9.14. The van der Waals surface area contributed by atoms with Crippen LogP contribution in [0.5, 0.6) is 17.2 Å². The lowest BCUT2D eigenvalue weighted by molar-refractivity contribution is 0.102. The monoisotopic (exact) mass is 388 g/mol. The molecule has 152 valence electrons. The Balaban J connectivity index is 1.86. The third-order valence-electron chi connectivity index (χ3n) is 4.02. The van der Waals surface area contributed by atoms with Crippen LogP contribution in [0.25, 0.3) is 0 Å². The number of hydrogen-bond donors (Lipinski definition) is 2. The molecule has 0 aliphatic rings. The third kappa shape index (κ3) is 6.44. The Morgan fingerprint density at radius 2 is 1.57 bits per heavy atom. The van der Waals surface area contributed by atoms with Gasteiger partial charge in [0.25, 0.3) is 5.91 Å². The summed E-state index contributed by atoms with van der Waals surface area (Å²) >= 11 is 0. The lowest BCUT2D eigenvalue weighted by atomic mass is 10.1. The van der Waals surface area contributed by atoms with E-state index in [-0.39, 0.29) is 5.91 Å². The van der Waals surface area contributed by atoms with Crippen LogP contribution >= 0.6 is 0 Å². The molecule has 2 aromatic rings. The number of carbonyl (C=O) groups excluding carboxylic acids is 1. The van der Waals surface area contributed by atoms with Crippen LogP contribution in [0.3, 0.4) is 0 Å². The topological polar surface area (TPSA) is 78.0 Å². The highest BCUT2D eigenvalue weighted by molar-refractivity contribution is 6.08. The fraction of sp³-hybridized carbons (Fsp3) is 0.381. The molecule has 2 aromatic carbocycles. The lowest BCUT2D eigenvalue weighted by Crippen LogP contribution is -2.22. The molecular formula is C21H28N2O5. The van der Waals surface area contributed by atoms with Crippen molar-refractivity contribution in [2.24, 2.45) is 0 Å². The van der Waals surface area contributed by atoms with Gasteiger partial charge in [0.15, 0.2) is 0 Å². The maximum Gasteiger partial charge on any atom is 0.263 e. The Morgan fingerprint density at radius 1 is 0.893 bits per heavy atom. The molecule has 0 radical (unpaired) electrons. The predicted molar refractivity (Wildman–Crippen MR) is 109 cm³/mol. The predicted octanol–water partition coefficient (Wildman–Crippen LogP) is 2.96. The molecule has 0 heterocycles. The molecule has 0 unspecified atom stereocenters. The molecule has 0 atom stereocenters. The third-order valence-corrected chi connectivity index (χ3v) is 4.02. The van der Waals surface area contributed by atoms with Gasteiger partial charge in [0.2, 0.25) is 0 Å². The molecule has 0 fully saturated rings. The first kappa shape index (κ1) is 21.5. The molecule has 2 rings (SSSR count). The highest BCUT2D eigenvalue weighted by atomic mass is 16.5. The van der Waals surface area contributed by atoms with Crippen molar-refractivity contribution in [3.8, 4) is 17.2 Å². The summed E-state index contributed by atoms with van der Waals surface area (Å²) in [6.45, 7) is 2.98. The number of nitrogens with one attached hydrogen (secondary N) is 2. The van der Waals surface area contributed by atoms with E-state index in [1.165, 1.54) is 14.2 Å². The van der Waals surface area contributed by atoms with Crippen LogP contribution in [-0.4, -0.2) is 53.5 Å². The van der Waals surface area contributed by atoms with E-state index < -0.39 is 0 Å². The number of ether oxygens (including phenoxy) is 4. The fourth-order valence-corrected chi connectivity index (χ4v) is 2.61. The highest BCUT2D eigenvalue weighted by Gasteiger charge is 2.18. The molecule has 0 saturated carbocycles. The van der Waals surface area contributed by atoms with Gasteiger partial charge in [-0.3, -0.25) is 4.79 Å². The van der Waals surface area contributed by atoms with E-state index in [0.717, 1.165) is 31.9 Å². The zero-order chi connectivity index (χ0) is 20.2. The van der Waals surface area contributed by atoms with E-state index >= 15 is 0 Å². The molecule has 0 bridgehead atoms. The van der Waals surface area contributed by atoms with E-state index in [2.05, 4.69) is 10.6 Å². The van der Waals surface area contributed by atoms with Crippen LogP contribution in [0.2, 0.25) is 0 Å². The Labute approximate surface area is 165 Å². The van der Waals surface area contributed by atoms with Gasteiger partial charge in [-0.2, -0.15) is 0 Å². The summed E-state index contributed by atoms with van der Waals surface area (Å²) < 4.78 is 21.2. The van der Waals surface area contributed by atoms with Gasteiger partial charge in [-0.05, 0) is 49.4 Å². The van der Waals surface area contributed by atoms with Gasteiger partial charge in [0, 0.05) is 25.9 Å². The van der Waals surface area contributed by atoms with E-state index in [9.17, 15) is 4.79 Å². The van der Waals surface area contributed by atoms with Crippen molar-refractivity contribution in [2.75, 3.05) is 52.9 Å². The van der Waals surface area contributed by atoms with Crippen molar-refractivity contribution < 1.29 is 23.7 Å². The van der Waals surface area contributed by atoms with Crippen molar-refractivity contribution in [1.29, 1.82) is 0 Å². The van der Waals surface area contributed by atoms with Gasteiger partial charge in [0.1, 0.15) is 29.4 Å². The van der Waals surface area contributed by atoms with Crippen LogP contribution < -0.4 is 24.8 Å². The number of hydrogen-bond acceptors (Lipinski definition) is 6. The summed E-state index contributed by atoms with van der Waals surface area (Å²) in [5, 5.41) is 6.13. The van der Waals surface area contributed by atoms with Crippen LogP contribution in [-0.2, 0) is 4.74 Å². The maximum absolute atomic E-state index is 12.7. The number of methoxy groups -OCH3 is 3. The normalized spacial score (nSPS) is 10.4. The minimum absolute atomic E-state index is 0.303. The summed E-state index contributed by atoms with van der Waals surface area (Å²) in [4.78, 5) is 12.7. The van der Waals surface area contributed by atoms with Crippen molar-refractivity contribution in [1.82, 2.24) is 5.32 Å². The Hall–Kier alpha value is -2.77. The van der Waals surface area contributed by atoms with Gasteiger partial charge in [0.05, 0.1) is 14.2 Å². The maximum atomic E-state index is 12.7. The van der Waals surface area contributed by atoms with Crippen LogP contribution in [0.1, 0.15) is 16.8 Å². The second-order valence-corrected chi connectivity index (χ2v) is 5.96. The summed E-state index contributed by atoms with van der Waals surface area (Å²) in [5.41, 5.74) is 1.01. The van der Waals surface area contributed by atoms with Gasteiger partial charge < -0.3 is 29.6 Å². The van der Waals surface area contributed by atoms with Gasteiger partial charge in [-0.25, -0.2) is 0 Å². The van der Waals surface area contributed by atoms with Crippen molar-refractivity contribution in [3.05, 3.63) is 48.0 Å². The van der Waals surface area contributed by atoms with E-state index in [4.69, 9.17) is 18.9 Å². The standard InChI is InChI=1S/C21H28N2O5/c1-25-14-5-12-22-13-15-28-17-10-8-16(9-11-17)23-21(24)20-18(26-2)6-4-7-19(20)27-3/h4,6-11,22H,5,12-15H2,1-3H3,(H,23,24). The van der Waals surface area contributed by atoms with Crippen molar-refractivity contribution >= 4 is 11.6 Å². The Bertz CT molecular complexity index is 712. The number of rotatable bonds is 12. The molecule has 2 N–H and O–H groups in total. The van der Waals surface area contributed by atoms with Gasteiger partial charge >= 0.3 is 0 Å². The molecule has 0 spiro atoms. The zero-order valence-electron chi connectivity index (χ0n) is 16.6. The number of carbonyl (C=O) groups is 1. The lowest BCUT2D eigenvalue weighted by Gasteiger charge is -2.13. The molecular weight excluding hydrogens is 360 g/mol. The summed E-state index contributed by atoms with van der Waals surface area (Å²) in [7, 11) is 4.73. The zero-order valence-corrected chi connectivity index (χ0v) is 16.6. The summed E-state index contributed by atoms with van der Waals surface area (Å²) in [5.74, 6) is 1.35. The highest BCUT2D eigenvalue weighted by Crippen LogP contribution is 2.29. The van der Waals surface area contributed by atoms with Crippen LogP contribution in [0.4, 0.5) is 5.69 Å². The van der Waals surface area contributed by atoms with Crippen molar-refractivity contribution in [3.63, 3.8) is 0 Å². The number of amides is 1. The van der Waals surface area contributed by atoms with E-state index in [1.54, 1.807) is 37.4 Å². The minimum Gasteiger partial charge on any atom is -0.496 e. The van der Waals surface area contributed by atoms with Crippen molar-refractivity contribution in [2.45, 2.75) is 6.42 Å². The molecule has 0 aliphatic carbocycles. The molecule has 7 heteroatoms. The summed E-state index contributed by atoms with van der Waals surface area (Å²) in [6.07, 6.45) is 0.974. The largest absolute Gasteiger partial charge is 0.496 e. The first-order chi connectivity index (χ1) is 13.7. The minimum atomic E-state index is -0.303. The molecule has 0 aromatic heterocycles. The smallest absolute Gasteiger partial charge is 0.263 e. The second-order valence-electron chi connectivity index (χ2n) is 5.96. The van der Waals surface area contributed by atoms with Crippen LogP contribution in [0.15, 0.2) is 42.5 Å². The second kappa shape index (κ2) is 11.8. The molecule has 28 heavy (non-hydrogen) atoms. The van der Waals surface area contributed by atoms with E-state index in [0.29, 0.717) is 29.4 Å². The van der Waals surface area contributed by atoms with Crippen LogP contribution in [0, 0.1) is 0 Å². The van der Waals surface area contributed by atoms with E-state index in [1.807, 2.05) is 12.1 Å². The average Bonchev–Trinajstić information content (AvgIpc) is 2.73.